The molecule has 0 N–H and O–H groups in total. The van der Waals surface area contributed by atoms with Crippen molar-refractivity contribution in [3.05, 3.63) is 35.4 Å². The SMILES string of the molecule is O=S(=O)(C1Cc2ccccc2C1)N1CCOCC1. The van der Waals surface area contributed by atoms with E-state index >= 15 is 0 Å². The van der Waals surface area contributed by atoms with E-state index in [-0.39, 0.29) is 5.25 Å². The van der Waals surface area contributed by atoms with Gasteiger partial charge < -0.3 is 4.74 Å². The van der Waals surface area contributed by atoms with Crippen LogP contribution in [0.3, 0.4) is 0 Å². The minimum Gasteiger partial charge on any atom is -0.379 e. The zero-order valence-corrected chi connectivity index (χ0v) is 11.0. The van der Waals surface area contributed by atoms with Gasteiger partial charge >= 0.3 is 0 Å². The molecule has 5 heteroatoms. The van der Waals surface area contributed by atoms with Crippen LogP contribution < -0.4 is 0 Å². The summed E-state index contributed by atoms with van der Waals surface area (Å²) in [6.07, 6.45) is 1.30. The molecule has 1 saturated heterocycles. The minimum absolute atomic E-state index is 0.284. The molecule has 0 atom stereocenters. The smallest absolute Gasteiger partial charge is 0.217 e. The van der Waals surface area contributed by atoms with Crippen LogP contribution in [0.5, 0.6) is 0 Å². The van der Waals surface area contributed by atoms with Crippen LogP contribution in [0.4, 0.5) is 0 Å². The number of nitrogens with zero attached hydrogens (tertiary/aromatic N) is 1. The minimum atomic E-state index is -3.18. The summed E-state index contributed by atoms with van der Waals surface area (Å²) in [4.78, 5) is 0. The summed E-state index contributed by atoms with van der Waals surface area (Å²) >= 11 is 0. The lowest BCUT2D eigenvalue weighted by Crippen LogP contribution is -2.45. The lowest BCUT2D eigenvalue weighted by atomic mass is 10.1. The zero-order chi connectivity index (χ0) is 12.6. The zero-order valence-electron chi connectivity index (χ0n) is 10.2. The molecule has 0 saturated carbocycles. The van der Waals surface area contributed by atoms with Gasteiger partial charge in [-0.2, -0.15) is 4.31 Å². The molecule has 1 aliphatic heterocycles. The van der Waals surface area contributed by atoms with Crippen molar-refractivity contribution in [1.82, 2.24) is 4.31 Å². The van der Waals surface area contributed by atoms with Gasteiger partial charge in [-0.25, -0.2) is 8.42 Å². The Balaban J connectivity index is 1.80. The van der Waals surface area contributed by atoms with Crippen molar-refractivity contribution in [2.24, 2.45) is 0 Å². The number of sulfonamides is 1. The van der Waals surface area contributed by atoms with Gasteiger partial charge in [-0.05, 0) is 24.0 Å². The van der Waals surface area contributed by atoms with E-state index in [9.17, 15) is 8.42 Å². The molecule has 0 bridgehead atoms. The first-order valence-electron chi connectivity index (χ1n) is 6.31. The molecule has 1 aromatic carbocycles. The van der Waals surface area contributed by atoms with E-state index in [1.807, 2.05) is 24.3 Å². The Labute approximate surface area is 108 Å². The molecule has 98 valence electrons. The summed E-state index contributed by atoms with van der Waals surface area (Å²) in [5, 5.41) is -0.284. The average molecular weight is 267 g/mol. The fourth-order valence-corrected chi connectivity index (χ4v) is 4.60. The van der Waals surface area contributed by atoms with Crippen LogP contribution in [-0.4, -0.2) is 44.3 Å². The number of ether oxygens (including phenoxy) is 1. The summed E-state index contributed by atoms with van der Waals surface area (Å²) in [6, 6.07) is 8.01. The Hall–Kier alpha value is -0.910. The molecule has 0 unspecified atom stereocenters. The third-order valence-corrected chi connectivity index (χ3v) is 6.03. The molecule has 4 nitrogen and oxygen atoms in total. The van der Waals surface area contributed by atoms with E-state index in [0.29, 0.717) is 39.1 Å². The number of morpholine rings is 1. The molecule has 1 aliphatic carbocycles. The summed E-state index contributed by atoms with van der Waals surface area (Å²) in [5.74, 6) is 0. The third kappa shape index (κ3) is 2.06. The number of benzene rings is 1. The molecule has 0 spiro atoms. The fraction of sp³-hybridized carbons (Fsp3) is 0.538. The normalized spacial score (nSPS) is 22.0. The van der Waals surface area contributed by atoms with Gasteiger partial charge in [0.1, 0.15) is 0 Å². The van der Waals surface area contributed by atoms with Gasteiger partial charge in [0.2, 0.25) is 10.0 Å². The summed E-state index contributed by atoms with van der Waals surface area (Å²) in [6.45, 7) is 2.02. The Bertz CT molecular complexity index is 510. The first-order chi connectivity index (χ1) is 8.68. The summed E-state index contributed by atoms with van der Waals surface area (Å²) < 4.78 is 31.9. The topological polar surface area (TPSA) is 46.6 Å². The Kier molecular flexibility index (Phi) is 3.13. The van der Waals surface area contributed by atoms with Crippen molar-refractivity contribution in [2.45, 2.75) is 18.1 Å². The quantitative estimate of drug-likeness (QED) is 0.797. The predicted molar refractivity (Wildman–Crippen MR) is 68.9 cm³/mol. The standard InChI is InChI=1S/C13H17NO3S/c15-18(16,14-5-7-17-8-6-14)13-9-11-3-1-2-4-12(11)10-13/h1-4,13H,5-10H2. The number of hydrogen-bond donors (Lipinski definition) is 0. The number of rotatable bonds is 2. The van der Waals surface area contributed by atoms with Crippen LogP contribution in [0, 0.1) is 0 Å². The van der Waals surface area contributed by atoms with Gasteiger partial charge in [-0.1, -0.05) is 24.3 Å². The van der Waals surface area contributed by atoms with Gasteiger partial charge in [0, 0.05) is 13.1 Å². The maximum absolute atomic E-state index is 12.5. The molecule has 1 fully saturated rings. The highest BCUT2D eigenvalue weighted by atomic mass is 32.2. The van der Waals surface area contributed by atoms with Gasteiger partial charge in [-0.3, -0.25) is 0 Å². The van der Waals surface area contributed by atoms with Crippen LogP contribution in [0.1, 0.15) is 11.1 Å². The molecule has 3 rings (SSSR count). The molecular weight excluding hydrogens is 250 g/mol. The Morgan fingerprint density at radius 3 is 2.17 bits per heavy atom. The van der Waals surface area contributed by atoms with Gasteiger partial charge in [-0.15, -0.1) is 0 Å². The molecule has 2 aliphatic rings. The maximum Gasteiger partial charge on any atom is 0.217 e. The highest BCUT2D eigenvalue weighted by Gasteiger charge is 2.36. The largest absolute Gasteiger partial charge is 0.379 e. The lowest BCUT2D eigenvalue weighted by Gasteiger charge is -2.28. The predicted octanol–water partition coefficient (Wildman–Crippen LogP) is 0.816. The molecule has 0 amide bonds. The van der Waals surface area contributed by atoms with Crippen LogP contribution in [0.2, 0.25) is 0 Å². The number of fused-ring (bicyclic) bond motifs is 1. The molecule has 18 heavy (non-hydrogen) atoms. The van der Waals surface area contributed by atoms with E-state index in [1.165, 1.54) is 11.1 Å². The first kappa shape index (κ1) is 12.1. The van der Waals surface area contributed by atoms with Crippen LogP contribution >= 0.6 is 0 Å². The second-order valence-corrected chi connectivity index (χ2v) is 7.07. The lowest BCUT2D eigenvalue weighted by molar-refractivity contribution is 0.0726. The van der Waals surface area contributed by atoms with Gasteiger partial charge in [0.15, 0.2) is 0 Å². The monoisotopic (exact) mass is 267 g/mol. The molecule has 0 radical (unpaired) electrons. The van der Waals surface area contributed by atoms with Crippen molar-refractivity contribution >= 4 is 10.0 Å². The highest BCUT2D eigenvalue weighted by molar-refractivity contribution is 7.89. The Morgan fingerprint density at radius 1 is 1.06 bits per heavy atom. The van der Waals surface area contributed by atoms with Crippen molar-refractivity contribution in [3.63, 3.8) is 0 Å². The third-order valence-electron chi connectivity index (χ3n) is 3.76. The van der Waals surface area contributed by atoms with Gasteiger partial charge in [0.05, 0.1) is 18.5 Å². The van der Waals surface area contributed by atoms with Crippen LogP contribution in [0.15, 0.2) is 24.3 Å². The van der Waals surface area contributed by atoms with Crippen molar-refractivity contribution in [3.8, 4) is 0 Å². The van der Waals surface area contributed by atoms with Crippen LogP contribution in [0.25, 0.3) is 0 Å². The number of hydrogen-bond acceptors (Lipinski definition) is 3. The van der Waals surface area contributed by atoms with E-state index in [4.69, 9.17) is 4.74 Å². The summed E-state index contributed by atoms with van der Waals surface area (Å²) in [7, 11) is -3.18. The van der Waals surface area contributed by atoms with Gasteiger partial charge in [0.25, 0.3) is 0 Å². The van der Waals surface area contributed by atoms with E-state index in [1.54, 1.807) is 4.31 Å². The first-order valence-corrected chi connectivity index (χ1v) is 7.82. The second kappa shape index (κ2) is 4.64. The van der Waals surface area contributed by atoms with E-state index in [2.05, 4.69) is 0 Å². The average Bonchev–Trinajstić information content (AvgIpc) is 2.84. The van der Waals surface area contributed by atoms with Crippen LogP contribution in [-0.2, 0) is 27.6 Å². The molecule has 1 aromatic rings. The van der Waals surface area contributed by atoms with E-state index < -0.39 is 10.0 Å². The summed E-state index contributed by atoms with van der Waals surface area (Å²) in [5.41, 5.74) is 2.36. The van der Waals surface area contributed by atoms with Crippen molar-refractivity contribution < 1.29 is 13.2 Å². The Morgan fingerprint density at radius 2 is 1.61 bits per heavy atom. The highest BCUT2D eigenvalue weighted by Crippen LogP contribution is 2.28. The van der Waals surface area contributed by atoms with Crippen molar-refractivity contribution in [2.75, 3.05) is 26.3 Å². The molecule has 1 heterocycles. The second-order valence-electron chi connectivity index (χ2n) is 4.86. The van der Waals surface area contributed by atoms with Crippen molar-refractivity contribution in [1.29, 1.82) is 0 Å². The molecular formula is C13H17NO3S. The van der Waals surface area contributed by atoms with E-state index in [0.717, 1.165) is 0 Å². The maximum atomic E-state index is 12.5. The molecule has 0 aromatic heterocycles. The fourth-order valence-electron chi connectivity index (χ4n) is 2.74.